The van der Waals surface area contributed by atoms with E-state index in [9.17, 15) is 4.79 Å². The first-order chi connectivity index (χ1) is 7.72. The normalized spacial score (nSPS) is 25.4. The molecule has 1 aliphatic rings. The summed E-state index contributed by atoms with van der Waals surface area (Å²) in [6, 6.07) is 0. The van der Waals surface area contributed by atoms with Crippen molar-refractivity contribution in [3.63, 3.8) is 0 Å². The number of likely N-dealkylation sites (N-methyl/N-ethyl adjacent to an activating group) is 1. The van der Waals surface area contributed by atoms with Gasteiger partial charge in [0, 0.05) is 6.54 Å². The quantitative estimate of drug-likeness (QED) is 0.679. The zero-order valence-corrected chi connectivity index (χ0v) is 10.7. The minimum Gasteiger partial charge on any atom is -0.355 e. The van der Waals surface area contributed by atoms with Gasteiger partial charge < -0.3 is 10.6 Å². The van der Waals surface area contributed by atoms with E-state index in [4.69, 9.17) is 0 Å². The Balaban J connectivity index is 2.00. The minimum absolute atomic E-state index is 0.111. The van der Waals surface area contributed by atoms with Gasteiger partial charge in [0.2, 0.25) is 5.91 Å². The van der Waals surface area contributed by atoms with Gasteiger partial charge in [-0.3, -0.25) is 4.79 Å². The largest absolute Gasteiger partial charge is 0.355 e. The Bertz CT molecular complexity index is 206. The van der Waals surface area contributed by atoms with Gasteiger partial charge in [-0.25, -0.2) is 0 Å². The molecule has 0 aromatic heterocycles. The highest BCUT2D eigenvalue weighted by Gasteiger charge is 2.18. The summed E-state index contributed by atoms with van der Waals surface area (Å²) < 4.78 is 0. The van der Waals surface area contributed by atoms with Crippen molar-refractivity contribution in [3.8, 4) is 0 Å². The van der Waals surface area contributed by atoms with E-state index in [1.165, 1.54) is 32.1 Å². The number of hydrogen-bond donors (Lipinski definition) is 2. The Labute approximate surface area is 99.4 Å². The van der Waals surface area contributed by atoms with E-state index in [1.54, 1.807) is 0 Å². The molecule has 0 aromatic rings. The third-order valence-electron chi connectivity index (χ3n) is 3.43. The lowest BCUT2D eigenvalue weighted by Gasteiger charge is -2.26. The Hall–Kier alpha value is -0.570. The van der Waals surface area contributed by atoms with Gasteiger partial charge >= 0.3 is 0 Å². The molecule has 2 unspecified atom stereocenters. The van der Waals surface area contributed by atoms with Crippen molar-refractivity contribution in [1.29, 1.82) is 0 Å². The van der Waals surface area contributed by atoms with Gasteiger partial charge in [0.15, 0.2) is 0 Å². The van der Waals surface area contributed by atoms with Crippen LogP contribution in [0.2, 0.25) is 0 Å². The molecule has 0 bridgehead atoms. The Morgan fingerprint density at radius 2 is 2.19 bits per heavy atom. The number of carbonyl (C=O) groups excluding carboxylic acids is 1. The van der Waals surface area contributed by atoms with Crippen LogP contribution in [0.1, 0.15) is 46.0 Å². The van der Waals surface area contributed by atoms with Crippen LogP contribution in [0.15, 0.2) is 0 Å². The fourth-order valence-corrected chi connectivity index (χ4v) is 2.59. The van der Waals surface area contributed by atoms with Crippen molar-refractivity contribution < 1.29 is 4.79 Å². The molecule has 1 rings (SSSR count). The smallest absolute Gasteiger partial charge is 0.233 e. The SMILES string of the molecule is CCNC(=O)CNCCC1CCCC(C)C1. The van der Waals surface area contributed by atoms with Gasteiger partial charge in [0.1, 0.15) is 0 Å². The van der Waals surface area contributed by atoms with E-state index in [-0.39, 0.29) is 5.91 Å². The number of carbonyl (C=O) groups is 1. The van der Waals surface area contributed by atoms with Crippen molar-refractivity contribution in [2.45, 2.75) is 46.0 Å². The summed E-state index contributed by atoms with van der Waals surface area (Å²) in [6.07, 6.45) is 6.78. The van der Waals surface area contributed by atoms with E-state index in [0.717, 1.165) is 24.9 Å². The van der Waals surface area contributed by atoms with Gasteiger partial charge in [-0.2, -0.15) is 0 Å². The van der Waals surface area contributed by atoms with Crippen LogP contribution in [0, 0.1) is 11.8 Å². The van der Waals surface area contributed by atoms with Crippen molar-refractivity contribution in [2.24, 2.45) is 11.8 Å². The molecule has 0 spiro atoms. The summed E-state index contributed by atoms with van der Waals surface area (Å²) in [5, 5.41) is 6.01. The molecular formula is C13H26N2O. The third kappa shape index (κ3) is 5.50. The topological polar surface area (TPSA) is 41.1 Å². The summed E-state index contributed by atoms with van der Waals surface area (Å²) in [6.45, 7) is 6.47. The summed E-state index contributed by atoms with van der Waals surface area (Å²) in [4.78, 5) is 11.2. The molecule has 16 heavy (non-hydrogen) atoms. The number of hydrogen-bond acceptors (Lipinski definition) is 2. The molecule has 1 fully saturated rings. The molecule has 1 saturated carbocycles. The van der Waals surface area contributed by atoms with Gasteiger partial charge in [0.25, 0.3) is 0 Å². The van der Waals surface area contributed by atoms with Crippen LogP contribution in [-0.4, -0.2) is 25.5 Å². The fourth-order valence-electron chi connectivity index (χ4n) is 2.59. The first-order valence-electron chi connectivity index (χ1n) is 6.69. The molecule has 0 aliphatic heterocycles. The zero-order valence-electron chi connectivity index (χ0n) is 10.7. The molecule has 3 heteroatoms. The van der Waals surface area contributed by atoms with Gasteiger partial charge in [-0.05, 0) is 38.1 Å². The van der Waals surface area contributed by atoms with E-state index in [1.807, 2.05) is 6.92 Å². The number of nitrogens with one attached hydrogen (secondary N) is 2. The van der Waals surface area contributed by atoms with Crippen molar-refractivity contribution >= 4 is 5.91 Å². The van der Waals surface area contributed by atoms with Crippen LogP contribution in [0.5, 0.6) is 0 Å². The minimum atomic E-state index is 0.111. The molecule has 1 aliphatic carbocycles. The van der Waals surface area contributed by atoms with Crippen LogP contribution in [0.4, 0.5) is 0 Å². The van der Waals surface area contributed by atoms with E-state index in [2.05, 4.69) is 17.6 Å². The average molecular weight is 226 g/mol. The molecule has 2 atom stereocenters. The first-order valence-corrected chi connectivity index (χ1v) is 6.69. The molecule has 0 saturated heterocycles. The number of amides is 1. The van der Waals surface area contributed by atoms with Crippen LogP contribution < -0.4 is 10.6 Å². The third-order valence-corrected chi connectivity index (χ3v) is 3.43. The Kier molecular flexibility index (Phi) is 6.46. The van der Waals surface area contributed by atoms with Gasteiger partial charge in [-0.1, -0.05) is 26.2 Å². The molecular weight excluding hydrogens is 200 g/mol. The summed E-state index contributed by atoms with van der Waals surface area (Å²) in [5.41, 5.74) is 0. The monoisotopic (exact) mass is 226 g/mol. The average Bonchev–Trinajstić information content (AvgIpc) is 2.25. The van der Waals surface area contributed by atoms with Crippen LogP contribution in [0.25, 0.3) is 0 Å². The fraction of sp³-hybridized carbons (Fsp3) is 0.923. The number of rotatable bonds is 6. The summed E-state index contributed by atoms with van der Waals surface area (Å²) in [7, 11) is 0. The predicted molar refractivity (Wildman–Crippen MR) is 67.3 cm³/mol. The zero-order chi connectivity index (χ0) is 11.8. The molecule has 0 heterocycles. The van der Waals surface area contributed by atoms with Crippen molar-refractivity contribution in [3.05, 3.63) is 0 Å². The molecule has 94 valence electrons. The molecule has 0 radical (unpaired) electrons. The molecule has 0 aromatic carbocycles. The molecule has 3 nitrogen and oxygen atoms in total. The maximum atomic E-state index is 11.2. The highest BCUT2D eigenvalue weighted by Crippen LogP contribution is 2.30. The Morgan fingerprint density at radius 3 is 2.88 bits per heavy atom. The molecule has 2 N–H and O–H groups in total. The van der Waals surface area contributed by atoms with Crippen LogP contribution in [0.3, 0.4) is 0 Å². The maximum absolute atomic E-state index is 11.2. The second-order valence-corrected chi connectivity index (χ2v) is 5.06. The van der Waals surface area contributed by atoms with Crippen LogP contribution in [-0.2, 0) is 4.79 Å². The molecule has 1 amide bonds. The highest BCUT2D eigenvalue weighted by molar-refractivity contribution is 5.77. The van der Waals surface area contributed by atoms with Crippen molar-refractivity contribution in [1.82, 2.24) is 10.6 Å². The predicted octanol–water partition coefficient (Wildman–Crippen LogP) is 1.93. The standard InChI is InChI=1S/C13H26N2O/c1-3-15-13(16)10-14-8-7-12-6-4-5-11(2)9-12/h11-12,14H,3-10H2,1-2H3,(H,15,16). The van der Waals surface area contributed by atoms with E-state index >= 15 is 0 Å². The summed E-state index contributed by atoms with van der Waals surface area (Å²) >= 11 is 0. The van der Waals surface area contributed by atoms with Gasteiger partial charge in [0.05, 0.1) is 6.54 Å². The van der Waals surface area contributed by atoms with Crippen molar-refractivity contribution in [2.75, 3.05) is 19.6 Å². The summed E-state index contributed by atoms with van der Waals surface area (Å²) in [5.74, 6) is 1.90. The van der Waals surface area contributed by atoms with Gasteiger partial charge in [-0.15, -0.1) is 0 Å². The van der Waals surface area contributed by atoms with E-state index in [0.29, 0.717) is 6.54 Å². The lowest BCUT2D eigenvalue weighted by molar-refractivity contribution is -0.120. The highest BCUT2D eigenvalue weighted by atomic mass is 16.1. The second-order valence-electron chi connectivity index (χ2n) is 5.06. The Morgan fingerprint density at radius 1 is 1.38 bits per heavy atom. The first kappa shape index (κ1) is 13.5. The van der Waals surface area contributed by atoms with Crippen LogP contribution >= 0.6 is 0 Å². The second kappa shape index (κ2) is 7.66. The maximum Gasteiger partial charge on any atom is 0.233 e. The van der Waals surface area contributed by atoms with E-state index < -0.39 is 0 Å². The lowest BCUT2D eigenvalue weighted by atomic mass is 9.81. The lowest BCUT2D eigenvalue weighted by Crippen LogP contribution is -2.34.